The van der Waals surface area contributed by atoms with E-state index in [1.165, 1.54) is 38.8 Å². The molecule has 3 rings (SSSR count). The Bertz CT molecular complexity index is 396. The smallest absolute Gasteiger partial charge is 0.144 e. The Labute approximate surface area is 107 Å². The van der Waals surface area contributed by atoms with E-state index in [4.69, 9.17) is 11.6 Å². The maximum atomic E-state index is 6.12. The molecule has 2 saturated heterocycles. The third-order valence-corrected chi connectivity index (χ3v) is 4.22. The molecule has 1 N–H and O–H groups in total. The van der Waals surface area contributed by atoms with Crippen LogP contribution in [0.2, 0.25) is 5.02 Å². The Morgan fingerprint density at radius 2 is 2.29 bits per heavy atom. The molecule has 2 aliphatic rings. The van der Waals surface area contributed by atoms with Crippen LogP contribution in [0, 0.1) is 0 Å². The van der Waals surface area contributed by atoms with E-state index in [-0.39, 0.29) is 0 Å². The van der Waals surface area contributed by atoms with E-state index in [0.717, 1.165) is 16.9 Å². The van der Waals surface area contributed by atoms with Crippen molar-refractivity contribution in [2.45, 2.75) is 37.8 Å². The first-order valence-electron chi connectivity index (χ1n) is 6.44. The summed E-state index contributed by atoms with van der Waals surface area (Å²) in [5.74, 6) is 0.839. The van der Waals surface area contributed by atoms with Gasteiger partial charge in [0.15, 0.2) is 0 Å². The fourth-order valence-electron chi connectivity index (χ4n) is 3.04. The van der Waals surface area contributed by atoms with Gasteiger partial charge in [0.2, 0.25) is 0 Å². The SMILES string of the molecule is Clc1cccnc1NC1CCN2CCCC2C1. The molecule has 0 spiro atoms. The third kappa shape index (κ3) is 2.40. The molecule has 1 aromatic rings. The van der Waals surface area contributed by atoms with Crippen molar-refractivity contribution in [2.75, 3.05) is 18.4 Å². The monoisotopic (exact) mass is 251 g/mol. The molecule has 0 bridgehead atoms. The second kappa shape index (κ2) is 4.83. The number of piperidine rings is 1. The maximum absolute atomic E-state index is 6.12. The highest BCUT2D eigenvalue weighted by Gasteiger charge is 2.31. The Morgan fingerprint density at radius 3 is 3.18 bits per heavy atom. The average Bonchev–Trinajstić information content (AvgIpc) is 2.79. The van der Waals surface area contributed by atoms with Gasteiger partial charge in [-0.15, -0.1) is 0 Å². The molecule has 2 fully saturated rings. The van der Waals surface area contributed by atoms with Crippen LogP contribution in [-0.2, 0) is 0 Å². The third-order valence-electron chi connectivity index (χ3n) is 3.92. The van der Waals surface area contributed by atoms with E-state index in [2.05, 4.69) is 15.2 Å². The fourth-order valence-corrected chi connectivity index (χ4v) is 3.22. The Hall–Kier alpha value is -0.800. The molecule has 17 heavy (non-hydrogen) atoms. The molecule has 0 amide bonds. The minimum Gasteiger partial charge on any atom is -0.366 e. The number of fused-ring (bicyclic) bond motifs is 1. The Balaban J connectivity index is 1.64. The van der Waals surface area contributed by atoms with E-state index >= 15 is 0 Å². The molecule has 2 atom stereocenters. The predicted octanol–water partition coefficient (Wildman–Crippen LogP) is 2.77. The number of nitrogens with zero attached hydrogens (tertiary/aromatic N) is 2. The molecular weight excluding hydrogens is 234 g/mol. The summed E-state index contributed by atoms with van der Waals surface area (Å²) in [7, 11) is 0. The summed E-state index contributed by atoms with van der Waals surface area (Å²) < 4.78 is 0. The van der Waals surface area contributed by atoms with Gasteiger partial charge in [-0.3, -0.25) is 0 Å². The standard InChI is InChI=1S/C13H18ClN3/c14-12-4-1-6-15-13(12)16-10-5-8-17-7-2-3-11(17)9-10/h1,4,6,10-11H,2-3,5,7-9H2,(H,15,16). The average molecular weight is 252 g/mol. The molecule has 0 aromatic carbocycles. The van der Waals surface area contributed by atoms with Crippen LogP contribution < -0.4 is 5.32 Å². The minimum absolute atomic E-state index is 0.529. The molecule has 2 unspecified atom stereocenters. The number of halogens is 1. The number of anilines is 1. The van der Waals surface area contributed by atoms with Gasteiger partial charge in [-0.05, 0) is 44.4 Å². The number of nitrogens with one attached hydrogen (secondary N) is 1. The predicted molar refractivity (Wildman–Crippen MR) is 70.5 cm³/mol. The first-order chi connectivity index (χ1) is 8.33. The second-order valence-electron chi connectivity index (χ2n) is 5.03. The highest BCUT2D eigenvalue weighted by Crippen LogP contribution is 2.29. The first kappa shape index (κ1) is 11.3. The Kier molecular flexibility index (Phi) is 3.21. The zero-order chi connectivity index (χ0) is 11.7. The van der Waals surface area contributed by atoms with Gasteiger partial charge in [-0.25, -0.2) is 4.98 Å². The van der Waals surface area contributed by atoms with Crippen molar-refractivity contribution in [2.24, 2.45) is 0 Å². The van der Waals surface area contributed by atoms with Gasteiger partial charge in [0.1, 0.15) is 5.82 Å². The van der Waals surface area contributed by atoms with Crippen molar-refractivity contribution >= 4 is 17.4 Å². The number of hydrogen-bond acceptors (Lipinski definition) is 3. The van der Waals surface area contributed by atoms with E-state index in [1.54, 1.807) is 6.20 Å². The van der Waals surface area contributed by atoms with Gasteiger partial charge in [-0.1, -0.05) is 11.6 Å². The highest BCUT2D eigenvalue weighted by molar-refractivity contribution is 6.32. The fraction of sp³-hybridized carbons (Fsp3) is 0.615. The van der Waals surface area contributed by atoms with Crippen LogP contribution in [0.3, 0.4) is 0 Å². The number of hydrogen-bond donors (Lipinski definition) is 1. The highest BCUT2D eigenvalue weighted by atomic mass is 35.5. The van der Waals surface area contributed by atoms with Crippen LogP contribution in [0.25, 0.3) is 0 Å². The largest absolute Gasteiger partial charge is 0.366 e. The van der Waals surface area contributed by atoms with Gasteiger partial charge in [0.05, 0.1) is 5.02 Å². The minimum atomic E-state index is 0.529. The van der Waals surface area contributed by atoms with E-state index in [1.807, 2.05) is 12.1 Å². The zero-order valence-electron chi connectivity index (χ0n) is 9.90. The van der Waals surface area contributed by atoms with Gasteiger partial charge >= 0.3 is 0 Å². The lowest BCUT2D eigenvalue weighted by atomic mass is 9.97. The number of rotatable bonds is 2. The Morgan fingerprint density at radius 1 is 1.35 bits per heavy atom. The zero-order valence-corrected chi connectivity index (χ0v) is 10.7. The summed E-state index contributed by atoms with van der Waals surface area (Å²) >= 11 is 6.12. The van der Waals surface area contributed by atoms with Gasteiger partial charge in [0, 0.05) is 24.8 Å². The van der Waals surface area contributed by atoms with E-state index < -0.39 is 0 Å². The van der Waals surface area contributed by atoms with Gasteiger partial charge < -0.3 is 10.2 Å². The molecule has 3 heterocycles. The molecule has 0 saturated carbocycles. The lowest BCUT2D eigenvalue weighted by Gasteiger charge is -2.35. The lowest BCUT2D eigenvalue weighted by molar-refractivity contribution is 0.188. The maximum Gasteiger partial charge on any atom is 0.144 e. The normalized spacial score (nSPS) is 29.0. The number of pyridine rings is 1. The number of aromatic nitrogens is 1. The van der Waals surface area contributed by atoms with Crippen LogP contribution >= 0.6 is 11.6 Å². The second-order valence-corrected chi connectivity index (χ2v) is 5.44. The van der Waals surface area contributed by atoms with Crippen LogP contribution in [0.5, 0.6) is 0 Å². The summed E-state index contributed by atoms with van der Waals surface area (Å²) in [4.78, 5) is 6.92. The van der Waals surface area contributed by atoms with Crippen molar-refractivity contribution in [1.29, 1.82) is 0 Å². The lowest BCUT2D eigenvalue weighted by Crippen LogP contribution is -2.42. The van der Waals surface area contributed by atoms with Crippen molar-refractivity contribution < 1.29 is 0 Å². The van der Waals surface area contributed by atoms with Gasteiger partial charge in [-0.2, -0.15) is 0 Å². The molecule has 1 aromatic heterocycles. The van der Waals surface area contributed by atoms with Crippen molar-refractivity contribution in [1.82, 2.24) is 9.88 Å². The summed E-state index contributed by atoms with van der Waals surface area (Å²) in [6.07, 6.45) is 6.94. The van der Waals surface area contributed by atoms with Crippen LogP contribution in [0.15, 0.2) is 18.3 Å². The summed E-state index contributed by atoms with van der Waals surface area (Å²) in [6, 6.07) is 5.07. The molecule has 4 heteroatoms. The van der Waals surface area contributed by atoms with E-state index in [0.29, 0.717) is 6.04 Å². The van der Waals surface area contributed by atoms with Crippen molar-refractivity contribution in [3.8, 4) is 0 Å². The van der Waals surface area contributed by atoms with Crippen molar-refractivity contribution in [3.63, 3.8) is 0 Å². The summed E-state index contributed by atoms with van der Waals surface area (Å²) in [6.45, 7) is 2.51. The quantitative estimate of drug-likeness (QED) is 0.876. The summed E-state index contributed by atoms with van der Waals surface area (Å²) in [5.41, 5.74) is 0. The van der Waals surface area contributed by atoms with Crippen LogP contribution in [0.4, 0.5) is 5.82 Å². The first-order valence-corrected chi connectivity index (χ1v) is 6.82. The molecule has 0 aliphatic carbocycles. The molecular formula is C13H18ClN3. The topological polar surface area (TPSA) is 28.2 Å². The molecule has 2 aliphatic heterocycles. The van der Waals surface area contributed by atoms with E-state index in [9.17, 15) is 0 Å². The molecule has 0 radical (unpaired) electrons. The van der Waals surface area contributed by atoms with Crippen LogP contribution in [-0.4, -0.2) is 35.1 Å². The van der Waals surface area contributed by atoms with Crippen molar-refractivity contribution in [3.05, 3.63) is 23.4 Å². The molecule has 92 valence electrons. The van der Waals surface area contributed by atoms with Crippen LogP contribution in [0.1, 0.15) is 25.7 Å². The summed E-state index contributed by atoms with van der Waals surface area (Å²) in [5, 5.41) is 4.22. The molecule has 3 nitrogen and oxygen atoms in total. The van der Waals surface area contributed by atoms with Gasteiger partial charge in [0.25, 0.3) is 0 Å².